The van der Waals surface area contributed by atoms with Crippen LogP contribution < -0.4 is 5.32 Å². The molecule has 4 heteroatoms. The fraction of sp³-hybridized carbons (Fsp3) is 0.500. The molecule has 0 radical (unpaired) electrons. The molecule has 16 heavy (non-hydrogen) atoms. The third-order valence-electron chi connectivity index (χ3n) is 2.56. The SMILES string of the molecule is CC[C@H](NC(CO)CO)c1ccc(F)cc1. The van der Waals surface area contributed by atoms with Gasteiger partial charge in [-0.1, -0.05) is 19.1 Å². The summed E-state index contributed by atoms with van der Waals surface area (Å²) in [4.78, 5) is 0. The Morgan fingerprint density at radius 2 is 1.75 bits per heavy atom. The first-order valence-corrected chi connectivity index (χ1v) is 5.44. The van der Waals surface area contributed by atoms with Gasteiger partial charge in [0.1, 0.15) is 5.82 Å². The number of hydrogen-bond acceptors (Lipinski definition) is 3. The average molecular weight is 227 g/mol. The summed E-state index contributed by atoms with van der Waals surface area (Å²) < 4.78 is 12.7. The molecule has 0 bridgehead atoms. The maximum atomic E-state index is 12.7. The summed E-state index contributed by atoms with van der Waals surface area (Å²) in [6.07, 6.45) is 0.808. The minimum Gasteiger partial charge on any atom is -0.395 e. The molecule has 0 aliphatic carbocycles. The highest BCUT2D eigenvalue weighted by atomic mass is 19.1. The van der Waals surface area contributed by atoms with Crippen LogP contribution in [0.3, 0.4) is 0 Å². The molecule has 0 amide bonds. The van der Waals surface area contributed by atoms with Gasteiger partial charge in [0.15, 0.2) is 0 Å². The molecule has 0 unspecified atom stereocenters. The molecule has 0 saturated carbocycles. The van der Waals surface area contributed by atoms with Crippen LogP contribution in [0, 0.1) is 5.82 Å². The quantitative estimate of drug-likeness (QED) is 0.685. The predicted molar refractivity (Wildman–Crippen MR) is 60.5 cm³/mol. The highest BCUT2D eigenvalue weighted by Crippen LogP contribution is 2.17. The highest BCUT2D eigenvalue weighted by molar-refractivity contribution is 5.19. The van der Waals surface area contributed by atoms with Crippen molar-refractivity contribution in [1.29, 1.82) is 0 Å². The third-order valence-corrected chi connectivity index (χ3v) is 2.56. The Kier molecular flexibility index (Phi) is 5.38. The van der Waals surface area contributed by atoms with E-state index in [4.69, 9.17) is 10.2 Å². The number of benzene rings is 1. The molecule has 90 valence electrons. The lowest BCUT2D eigenvalue weighted by Crippen LogP contribution is -2.38. The fourth-order valence-corrected chi connectivity index (χ4v) is 1.59. The van der Waals surface area contributed by atoms with Crippen molar-refractivity contribution in [2.45, 2.75) is 25.4 Å². The first-order valence-electron chi connectivity index (χ1n) is 5.44. The van der Waals surface area contributed by atoms with Crippen molar-refractivity contribution in [3.63, 3.8) is 0 Å². The Labute approximate surface area is 94.9 Å². The van der Waals surface area contributed by atoms with Gasteiger partial charge in [0.05, 0.1) is 19.3 Å². The Morgan fingerprint density at radius 3 is 2.19 bits per heavy atom. The van der Waals surface area contributed by atoms with E-state index in [0.717, 1.165) is 12.0 Å². The molecule has 1 rings (SSSR count). The van der Waals surface area contributed by atoms with Crippen LogP contribution in [0.1, 0.15) is 24.9 Å². The lowest BCUT2D eigenvalue weighted by Gasteiger charge is -2.22. The molecule has 1 aromatic carbocycles. The number of hydrogen-bond donors (Lipinski definition) is 3. The normalized spacial score (nSPS) is 13.1. The molecule has 1 aromatic rings. The minimum atomic E-state index is -0.338. The Hall–Kier alpha value is -0.970. The van der Waals surface area contributed by atoms with E-state index in [1.807, 2.05) is 6.92 Å². The molecule has 0 aliphatic heterocycles. The van der Waals surface area contributed by atoms with Crippen LogP contribution in [0.2, 0.25) is 0 Å². The van der Waals surface area contributed by atoms with Crippen molar-refractivity contribution >= 4 is 0 Å². The monoisotopic (exact) mass is 227 g/mol. The van der Waals surface area contributed by atoms with E-state index in [2.05, 4.69) is 5.32 Å². The second-order valence-corrected chi connectivity index (χ2v) is 3.74. The standard InChI is InChI=1S/C12H18FNO2/c1-2-12(14-11(7-15)8-16)9-3-5-10(13)6-4-9/h3-6,11-12,14-16H,2,7-8H2,1H3/t12-/m0/s1. The van der Waals surface area contributed by atoms with Gasteiger partial charge >= 0.3 is 0 Å². The van der Waals surface area contributed by atoms with Crippen molar-refractivity contribution in [3.8, 4) is 0 Å². The molecular formula is C12H18FNO2. The van der Waals surface area contributed by atoms with Crippen LogP contribution in [0.4, 0.5) is 4.39 Å². The van der Waals surface area contributed by atoms with Crippen molar-refractivity contribution < 1.29 is 14.6 Å². The summed E-state index contributed by atoms with van der Waals surface area (Å²) in [6, 6.07) is 5.92. The zero-order valence-electron chi connectivity index (χ0n) is 9.36. The third kappa shape index (κ3) is 3.56. The second kappa shape index (κ2) is 6.58. The van der Waals surface area contributed by atoms with Crippen LogP contribution in [0.25, 0.3) is 0 Å². The lowest BCUT2D eigenvalue weighted by molar-refractivity contribution is 0.161. The zero-order chi connectivity index (χ0) is 12.0. The molecule has 3 nitrogen and oxygen atoms in total. The Morgan fingerprint density at radius 1 is 1.19 bits per heavy atom. The Balaban J connectivity index is 2.70. The van der Waals surface area contributed by atoms with Gasteiger partial charge in [0.2, 0.25) is 0 Å². The Bertz CT molecular complexity index is 298. The van der Waals surface area contributed by atoms with E-state index in [1.165, 1.54) is 12.1 Å². The second-order valence-electron chi connectivity index (χ2n) is 3.74. The number of halogens is 1. The first kappa shape index (κ1) is 13.1. The smallest absolute Gasteiger partial charge is 0.123 e. The molecule has 3 N–H and O–H groups in total. The van der Waals surface area contributed by atoms with Gasteiger partial charge in [-0.05, 0) is 24.1 Å². The van der Waals surface area contributed by atoms with Gasteiger partial charge < -0.3 is 15.5 Å². The van der Waals surface area contributed by atoms with Crippen molar-refractivity contribution in [2.75, 3.05) is 13.2 Å². The van der Waals surface area contributed by atoms with Crippen molar-refractivity contribution in [1.82, 2.24) is 5.32 Å². The number of aliphatic hydroxyl groups is 2. The maximum absolute atomic E-state index is 12.7. The predicted octanol–water partition coefficient (Wildman–Crippen LogP) is 1.22. The van der Waals surface area contributed by atoms with E-state index in [1.54, 1.807) is 12.1 Å². The van der Waals surface area contributed by atoms with E-state index in [9.17, 15) is 4.39 Å². The van der Waals surface area contributed by atoms with Crippen LogP contribution >= 0.6 is 0 Å². The summed E-state index contributed by atoms with van der Waals surface area (Å²) in [5, 5.41) is 21.1. The van der Waals surface area contributed by atoms with Crippen LogP contribution in [0.15, 0.2) is 24.3 Å². The van der Waals surface area contributed by atoms with Gasteiger partial charge in [0, 0.05) is 6.04 Å². The average Bonchev–Trinajstić information content (AvgIpc) is 2.32. The molecule has 0 fully saturated rings. The molecule has 0 aromatic heterocycles. The summed E-state index contributed by atoms with van der Waals surface area (Å²) >= 11 is 0. The van der Waals surface area contributed by atoms with E-state index in [0.29, 0.717) is 0 Å². The molecule has 0 saturated heterocycles. The zero-order valence-corrected chi connectivity index (χ0v) is 9.36. The molecule has 1 atom stereocenters. The van der Waals surface area contributed by atoms with E-state index >= 15 is 0 Å². The van der Waals surface area contributed by atoms with Crippen LogP contribution in [0.5, 0.6) is 0 Å². The van der Waals surface area contributed by atoms with Gasteiger partial charge in [-0.25, -0.2) is 4.39 Å². The molecule has 0 spiro atoms. The van der Waals surface area contributed by atoms with Gasteiger partial charge in [0.25, 0.3) is 0 Å². The van der Waals surface area contributed by atoms with Gasteiger partial charge in [-0.3, -0.25) is 0 Å². The highest BCUT2D eigenvalue weighted by Gasteiger charge is 2.14. The topological polar surface area (TPSA) is 52.5 Å². The fourth-order valence-electron chi connectivity index (χ4n) is 1.59. The summed E-state index contributed by atoms with van der Waals surface area (Å²) in [5.74, 6) is -0.264. The number of aliphatic hydroxyl groups excluding tert-OH is 2. The first-order chi connectivity index (χ1) is 7.71. The lowest BCUT2D eigenvalue weighted by atomic mass is 10.0. The van der Waals surface area contributed by atoms with E-state index < -0.39 is 0 Å². The van der Waals surface area contributed by atoms with Gasteiger partial charge in [-0.2, -0.15) is 0 Å². The largest absolute Gasteiger partial charge is 0.395 e. The van der Waals surface area contributed by atoms with Crippen molar-refractivity contribution in [2.24, 2.45) is 0 Å². The number of nitrogens with one attached hydrogen (secondary N) is 1. The number of rotatable bonds is 6. The van der Waals surface area contributed by atoms with Crippen molar-refractivity contribution in [3.05, 3.63) is 35.6 Å². The van der Waals surface area contributed by atoms with E-state index in [-0.39, 0.29) is 31.1 Å². The molecule has 0 heterocycles. The maximum Gasteiger partial charge on any atom is 0.123 e. The van der Waals surface area contributed by atoms with Crippen LogP contribution in [-0.4, -0.2) is 29.5 Å². The van der Waals surface area contributed by atoms with Gasteiger partial charge in [-0.15, -0.1) is 0 Å². The summed E-state index contributed by atoms with van der Waals surface area (Å²) in [5.41, 5.74) is 0.954. The summed E-state index contributed by atoms with van der Waals surface area (Å²) in [7, 11) is 0. The summed E-state index contributed by atoms with van der Waals surface area (Å²) in [6.45, 7) is 1.76. The molecular weight excluding hydrogens is 209 g/mol. The molecule has 0 aliphatic rings. The minimum absolute atomic E-state index is 0.0184. The van der Waals surface area contributed by atoms with Crippen LogP contribution in [-0.2, 0) is 0 Å².